The van der Waals surface area contributed by atoms with E-state index in [0.29, 0.717) is 0 Å². The van der Waals surface area contributed by atoms with Gasteiger partial charge in [0, 0.05) is 28.0 Å². The van der Waals surface area contributed by atoms with Gasteiger partial charge in [-0.3, -0.25) is 9.59 Å². The van der Waals surface area contributed by atoms with Crippen LogP contribution in [0.25, 0.3) is 0 Å². The van der Waals surface area contributed by atoms with Crippen LogP contribution < -0.4 is 5.32 Å². The fourth-order valence-electron chi connectivity index (χ4n) is 3.93. The molecule has 0 aliphatic heterocycles. The van der Waals surface area contributed by atoms with Crippen LogP contribution in [0, 0.1) is 5.82 Å². The van der Waals surface area contributed by atoms with Crippen LogP contribution in [-0.2, 0) is 4.79 Å². The third-order valence-electron chi connectivity index (χ3n) is 5.51. The first-order chi connectivity index (χ1) is 14.1. The Morgan fingerprint density at radius 3 is 2.59 bits per heavy atom. The largest absolute Gasteiger partial charge is 0.351 e. The quantitative estimate of drug-likeness (QED) is 0.738. The maximum absolute atomic E-state index is 14.9. The number of hydrogen-bond donors (Lipinski definition) is 1. The first-order valence-electron chi connectivity index (χ1n) is 9.90. The highest BCUT2D eigenvalue weighted by atomic mass is 35.5. The van der Waals surface area contributed by atoms with Gasteiger partial charge in [0.25, 0.3) is 5.91 Å². The lowest BCUT2D eigenvalue weighted by molar-refractivity contribution is -0.127. The molecular formula is C20H22ClFN4O2S. The second kappa shape index (κ2) is 8.75. The van der Waals surface area contributed by atoms with Crippen molar-refractivity contribution < 1.29 is 14.0 Å². The molecule has 2 aliphatic carbocycles. The first-order valence-corrected chi connectivity index (χ1v) is 11.1. The Bertz CT molecular complexity index is 864. The molecule has 0 unspecified atom stereocenters. The molecular weight excluding hydrogens is 415 g/mol. The Labute approximate surface area is 177 Å². The molecule has 1 aromatic heterocycles. The number of halogens is 2. The molecule has 0 spiro atoms. The molecule has 9 heteroatoms. The third-order valence-corrected chi connectivity index (χ3v) is 6.34. The maximum Gasteiger partial charge on any atom is 0.276 e. The van der Waals surface area contributed by atoms with Crippen LogP contribution in [0.5, 0.6) is 0 Å². The number of nitrogens with zero attached hydrogens (tertiary/aromatic N) is 3. The van der Waals surface area contributed by atoms with E-state index in [1.54, 1.807) is 6.07 Å². The molecule has 0 radical (unpaired) electrons. The zero-order valence-corrected chi connectivity index (χ0v) is 17.4. The van der Waals surface area contributed by atoms with Crippen LogP contribution in [0.4, 0.5) is 4.39 Å². The Morgan fingerprint density at radius 1 is 1.21 bits per heavy atom. The number of rotatable bonds is 6. The van der Waals surface area contributed by atoms with E-state index < -0.39 is 23.7 Å². The van der Waals surface area contributed by atoms with Crippen LogP contribution in [0.3, 0.4) is 0 Å². The molecule has 2 saturated carbocycles. The highest BCUT2D eigenvalue weighted by molar-refractivity contribution is 7.03. The minimum atomic E-state index is -1.15. The molecule has 2 fully saturated rings. The van der Waals surface area contributed by atoms with Gasteiger partial charge < -0.3 is 10.2 Å². The fraction of sp³-hybridized carbons (Fsp3) is 0.500. The predicted molar refractivity (Wildman–Crippen MR) is 108 cm³/mol. The summed E-state index contributed by atoms with van der Waals surface area (Å²) >= 11 is 7.38. The summed E-state index contributed by atoms with van der Waals surface area (Å²) in [6.07, 6.45) is 6.52. The lowest BCUT2D eigenvalue weighted by atomic mass is 9.94. The second-order valence-electron chi connectivity index (χ2n) is 7.62. The molecule has 29 heavy (non-hydrogen) atoms. The standard InChI is InChI=1S/C20H22ClFN4O2S/c21-14-7-4-8-15(22)17(14)18(19(27)23-12-5-2-1-3-6-12)26(13-9-10-13)20(28)16-11-29-25-24-16/h4,7-8,11-13,18H,1-3,5-6,9-10H2,(H,23,27)/t18-/m0/s1. The summed E-state index contributed by atoms with van der Waals surface area (Å²) in [5.74, 6) is -1.42. The topological polar surface area (TPSA) is 75.2 Å². The molecule has 2 amide bonds. The zero-order chi connectivity index (χ0) is 20.4. The van der Waals surface area contributed by atoms with Crippen LogP contribution in [0.2, 0.25) is 5.02 Å². The third kappa shape index (κ3) is 4.43. The van der Waals surface area contributed by atoms with E-state index in [1.165, 1.54) is 22.4 Å². The van der Waals surface area contributed by atoms with Crippen molar-refractivity contribution in [1.82, 2.24) is 19.8 Å². The summed E-state index contributed by atoms with van der Waals surface area (Å²) in [7, 11) is 0. The molecule has 1 aromatic carbocycles. The van der Waals surface area contributed by atoms with Gasteiger partial charge in [-0.05, 0) is 49.3 Å². The number of hydrogen-bond acceptors (Lipinski definition) is 5. The molecule has 0 saturated heterocycles. The molecule has 4 rings (SSSR count). The van der Waals surface area contributed by atoms with Gasteiger partial charge in [0.1, 0.15) is 11.9 Å². The molecule has 0 bridgehead atoms. The summed E-state index contributed by atoms with van der Waals surface area (Å²) in [5.41, 5.74) is 0.191. The van der Waals surface area contributed by atoms with E-state index in [4.69, 9.17) is 11.6 Å². The lowest BCUT2D eigenvalue weighted by Crippen LogP contribution is -2.48. The van der Waals surface area contributed by atoms with Crippen LogP contribution in [0.15, 0.2) is 23.6 Å². The van der Waals surface area contributed by atoms with Crippen molar-refractivity contribution >= 4 is 34.9 Å². The number of carbonyl (C=O) groups excluding carboxylic acids is 2. The highest BCUT2D eigenvalue weighted by Gasteiger charge is 2.44. The van der Waals surface area contributed by atoms with E-state index in [9.17, 15) is 14.0 Å². The van der Waals surface area contributed by atoms with E-state index in [-0.39, 0.29) is 28.4 Å². The highest BCUT2D eigenvalue weighted by Crippen LogP contribution is 2.39. The van der Waals surface area contributed by atoms with E-state index in [2.05, 4.69) is 14.9 Å². The van der Waals surface area contributed by atoms with Crippen LogP contribution in [-0.4, -0.2) is 38.4 Å². The number of nitrogens with one attached hydrogen (secondary N) is 1. The fourth-order valence-corrected chi connectivity index (χ4v) is 4.63. The normalized spacial score (nSPS) is 18.3. The van der Waals surface area contributed by atoms with E-state index in [0.717, 1.165) is 56.5 Å². The molecule has 2 aromatic rings. The second-order valence-corrected chi connectivity index (χ2v) is 8.63. The molecule has 154 valence electrons. The van der Waals surface area contributed by atoms with Crippen molar-refractivity contribution in [2.45, 2.75) is 63.1 Å². The Morgan fingerprint density at radius 2 is 1.97 bits per heavy atom. The SMILES string of the molecule is O=C(NC1CCCCC1)[C@H](c1c(F)cccc1Cl)N(C(=O)c1csnn1)C1CC1. The molecule has 1 atom stereocenters. The Kier molecular flexibility index (Phi) is 6.10. The number of aromatic nitrogens is 2. The monoisotopic (exact) mass is 436 g/mol. The number of amides is 2. The van der Waals surface area contributed by atoms with Gasteiger partial charge in [-0.1, -0.05) is 41.4 Å². The number of carbonyl (C=O) groups is 2. The van der Waals surface area contributed by atoms with Crippen molar-refractivity contribution in [3.05, 3.63) is 45.7 Å². The van der Waals surface area contributed by atoms with Crippen molar-refractivity contribution in [2.24, 2.45) is 0 Å². The number of benzene rings is 1. The summed E-state index contributed by atoms with van der Waals surface area (Å²) in [4.78, 5) is 28.0. The average molecular weight is 437 g/mol. The van der Waals surface area contributed by atoms with Gasteiger partial charge in [0.05, 0.1) is 0 Å². The minimum Gasteiger partial charge on any atom is -0.351 e. The summed E-state index contributed by atoms with van der Waals surface area (Å²) < 4.78 is 18.6. The van der Waals surface area contributed by atoms with Crippen molar-refractivity contribution in [3.63, 3.8) is 0 Å². The van der Waals surface area contributed by atoms with E-state index >= 15 is 0 Å². The summed E-state index contributed by atoms with van der Waals surface area (Å²) in [6, 6.07) is 3.03. The first kappa shape index (κ1) is 20.2. The van der Waals surface area contributed by atoms with Crippen LogP contribution >= 0.6 is 23.1 Å². The van der Waals surface area contributed by atoms with Crippen LogP contribution in [0.1, 0.15) is 67.0 Å². The molecule has 1 heterocycles. The Hall–Kier alpha value is -2.06. The van der Waals surface area contributed by atoms with Crippen molar-refractivity contribution in [2.75, 3.05) is 0 Å². The summed E-state index contributed by atoms with van der Waals surface area (Å²) in [5, 5.41) is 8.57. The van der Waals surface area contributed by atoms with Gasteiger partial charge in [-0.2, -0.15) is 0 Å². The van der Waals surface area contributed by atoms with E-state index in [1.807, 2.05) is 0 Å². The lowest BCUT2D eigenvalue weighted by Gasteiger charge is -2.33. The summed E-state index contributed by atoms with van der Waals surface area (Å²) in [6.45, 7) is 0. The molecule has 2 aliphatic rings. The average Bonchev–Trinajstić information content (AvgIpc) is 3.39. The molecule has 1 N–H and O–H groups in total. The van der Waals surface area contributed by atoms with Crippen molar-refractivity contribution in [1.29, 1.82) is 0 Å². The smallest absolute Gasteiger partial charge is 0.276 e. The maximum atomic E-state index is 14.9. The van der Waals surface area contributed by atoms with Gasteiger partial charge >= 0.3 is 0 Å². The zero-order valence-electron chi connectivity index (χ0n) is 15.8. The predicted octanol–water partition coefficient (Wildman–Crippen LogP) is 4.13. The molecule has 6 nitrogen and oxygen atoms in total. The van der Waals surface area contributed by atoms with Gasteiger partial charge in [-0.25, -0.2) is 4.39 Å². The van der Waals surface area contributed by atoms with Gasteiger partial charge in [0.15, 0.2) is 5.69 Å². The van der Waals surface area contributed by atoms with Gasteiger partial charge in [0.2, 0.25) is 5.91 Å². The van der Waals surface area contributed by atoms with Gasteiger partial charge in [-0.15, -0.1) is 5.10 Å². The minimum absolute atomic E-state index is 0.0291. The Balaban J connectivity index is 1.72. The van der Waals surface area contributed by atoms with Crippen molar-refractivity contribution in [3.8, 4) is 0 Å².